The number of thiocarbonyl (C=S) groups is 1. The molecule has 5 nitrogen and oxygen atoms in total. The molecule has 2 heterocycles. The van der Waals surface area contributed by atoms with E-state index in [1.54, 1.807) is 12.1 Å². The van der Waals surface area contributed by atoms with E-state index in [-0.39, 0.29) is 4.99 Å². The lowest BCUT2D eigenvalue weighted by molar-refractivity contribution is 0.459. The molecule has 0 atom stereocenters. The van der Waals surface area contributed by atoms with Crippen LogP contribution in [0.5, 0.6) is 11.6 Å². The molecule has 0 fully saturated rings. The summed E-state index contributed by atoms with van der Waals surface area (Å²) < 4.78 is 5.70. The lowest BCUT2D eigenvalue weighted by Gasteiger charge is -2.11. The Hall–Kier alpha value is -1.95. The van der Waals surface area contributed by atoms with Crippen LogP contribution < -0.4 is 10.5 Å². The Labute approximate surface area is 110 Å². The molecular weight excluding hydrogens is 248 g/mol. The van der Waals surface area contributed by atoms with Crippen LogP contribution in [0.3, 0.4) is 0 Å². The van der Waals surface area contributed by atoms with Gasteiger partial charge in [0, 0.05) is 23.5 Å². The van der Waals surface area contributed by atoms with Gasteiger partial charge in [0.05, 0.1) is 11.3 Å². The van der Waals surface area contributed by atoms with Crippen molar-refractivity contribution in [2.45, 2.75) is 20.8 Å². The molecule has 0 saturated heterocycles. The maximum atomic E-state index is 5.71. The highest BCUT2D eigenvalue weighted by Crippen LogP contribution is 2.26. The third kappa shape index (κ3) is 2.48. The zero-order valence-corrected chi connectivity index (χ0v) is 11.3. The average molecular weight is 262 g/mol. The molecule has 0 unspecified atom stereocenters. The Morgan fingerprint density at radius 1 is 1.33 bits per heavy atom. The molecule has 0 saturated carbocycles. The largest absolute Gasteiger partial charge is 0.437 e. The van der Waals surface area contributed by atoms with E-state index in [2.05, 4.69) is 15.2 Å². The molecule has 3 N–H and O–H groups in total. The second-order valence-electron chi connectivity index (χ2n) is 4.08. The van der Waals surface area contributed by atoms with Crippen molar-refractivity contribution < 1.29 is 4.74 Å². The number of aromatic nitrogens is 3. The summed E-state index contributed by atoms with van der Waals surface area (Å²) in [5.74, 6) is 1.06. The minimum absolute atomic E-state index is 0.266. The smallest absolute Gasteiger partial charge is 0.238 e. The predicted molar refractivity (Wildman–Crippen MR) is 73.0 cm³/mol. The van der Waals surface area contributed by atoms with Crippen molar-refractivity contribution in [1.82, 2.24) is 15.2 Å². The van der Waals surface area contributed by atoms with Gasteiger partial charge in [0.15, 0.2) is 0 Å². The van der Waals surface area contributed by atoms with Crippen molar-refractivity contribution in [3.63, 3.8) is 0 Å². The zero-order valence-electron chi connectivity index (χ0n) is 10.4. The van der Waals surface area contributed by atoms with E-state index in [0.29, 0.717) is 17.2 Å². The number of hydrogen-bond acceptors (Lipinski definition) is 4. The minimum Gasteiger partial charge on any atom is -0.437 e. The quantitative estimate of drug-likeness (QED) is 0.829. The molecule has 0 spiro atoms. The van der Waals surface area contributed by atoms with Crippen LogP contribution in [0, 0.1) is 20.8 Å². The molecule has 0 aliphatic carbocycles. The Kier molecular flexibility index (Phi) is 3.29. The van der Waals surface area contributed by atoms with Gasteiger partial charge in [-0.05, 0) is 20.8 Å². The first kappa shape index (κ1) is 12.5. The van der Waals surface area contributed by atoms with Gasteiger partial charge in [0.2, 0.25) is 5.88 Å². The van der Waals surface area contributed by atoms with Crippen LogP contribution in [0.1, 0.15) is 22.6 Å². The Balaban J connectivity index is 2.45. The maximum absolute atomic E-state index is 5.71. The summed E-state index contributed by atoms with van der Waals surface area (Å²) in [5, 5.41) is 6.83. The van der Waals surface area contributed by atoms with E-state index in [1.807, 2.05) is 20.8 Å². The summed E-state index contributed by atoms with van der Waals surface area (Å²) >= 11 is 5.03. The van der Waals surface area contributed by atoms with E-state index in [9.17, 15) is 0 Å². The first-order chi connectivity index (χ1) is 8.47. The van der Waals surface area contributed by atoms with Gasteiger partial charge in [-0.1, -0.05) is 12.2 Å². The fraction of sp³-hybridized carbons (Fsp3) is 0.250. The van der Waals surface area contributed by atoms with E-state index >= 15 is 0 Å². The Morgan fingerprint density at radius 2 is 2.06 bits per heavy atom. The summed E-state index contributed by atoms with van der Waals surface area (Å²) in [6.07, 6.45) is 0. The number of nitrogens with two attached hydrogens (primary N) is 1. The number of aryl methyl sites for hydroxylation is 3. The van der Waals surface area contributed by atoms with Gasteiger partial charge in [-0.3, -0.25) is 10.1 Å². The summed E-state index contributed by atoms with van der Waals surface area (Å²) in [4.78, 5) is 4.59. The van der Waals surface area contributed by atoms with Crippen LogP contribution in [0.2, 0.25) is 0 Å². The number of ether oxygens (including phenoxy) is 1. The first-order valence-electron chi connectivity index (χ1n) is 5.45. The molecule has 0 amide bonds. The van der Waals surface area contributed by atoms with Crippen LogP contribution in [-0.2, 0) is 0 Å². The van der Waals surface area contributed by atoms with E-state index in [1.165, 1.54) is 0 Å². The third-order valence-electron chi connectivity index (χ3n) is 2.44. The van der Waals surface area contributed by atoms with Crippen LogP contribution in [0.4, 0.5) is 0 Å². The van der Waals surface area contributed by atoms with Crippen molar-refractivity contribution in [3.8, 4) is 11.6 Å². The molecule has 0 aromatic carbocycles. The number of nitrogens with one attached hydrogen (secondary N) is 1. The second-order valence-corrected chi connectivity index (χ2v) is 4.52. The minimum atomic E-state index is 0.266. The van der Waals surface area contributed by atoms with E-state index in [4.69, 9.17) is 22.7 Å². The Morgan fingerprint density at radius 3 is 2.61 bits per heavy atom. The summed E-state index contributed by atoms with van der Waals surface area (Å²) in [7, 11) is 0. The van der Waals surface area contributed by atoms with Crippen molar-refractivity contribution in [2.75, 3.05) is 0 Å². The normalized spacial score (nSPS) is 10.4. The number of nitrogens with zero attached hydrogens (tertiary/aromatic N) is 2. The maximum Gasteiger partial charge on any atom is 0.238 e. The second kappa shape index (κ2) is 4.73. The zero-order chi connectivity index (χ0) is 13.3. The van der Waals surface area contributed by atoms with E-state index in [0.717, 1.165) is 17.1 Å². The highest BCUT2D eigenvalue weighted by atomic mass is 32.1. The molecule has 6 heteroatoms. The number of pyridine rings is 1. The molecule has 0 aliphatic heterocycles. The van der Waals surface area contributed by atoms with Crippen molar-refractivity contribution in [3.05, 3.63) is 34.8 Å². The fourth-order valence-corrected chi connectivity index (χ4v) is 1.98. The SMILES string of the molecule is Cc1cc(Oc2cc(C)[nH]n2)c(C(N)=S)c(C)n1. The monoisotopic (exact) mass is 262 g/mol. The van der Waals surface area contributed by atoms with Gasteiger partial charge < -0.3 is 10.5 Å². The predicted octanol–water partition coefficient (Wildman–Crippen LogP) is 2.16. The molecule has 0 radical (unpaired) electrons. The van der Waals surface area contributed by atoms with Crippen LogP contribution in [-0.4, -0.2) is 20.2 Å². The molecule has 94 valence electrons. The molecule has 2 aromatic heterocycles. The highest BCUT2D eigenvalue weighted by Gasteiger charge is 2.14. The topological polar surface area (TPSA) is 76.8 Å². The molecule has 2 aromatic rings. The fourth-order valence-electron chi connectivity index (χ4n) is 1.73. The van der Waals surface area contributed by atoms with Crippen molar-refractivity contribution in [2.24, 2.45) is 5.73 Å². The van der Waals surface area contributed by atoms with Crippen LogP contribution in [0.25, 0.3) is 0 Å². The Bertz CT molecular complexity index is 606. The van der Waals surface area contributed by atoms with Gasteiger partial charge in [0.25, 0.3) is 0 Å². The van der Waals surface area contributed by atoms with Crippen LogP contribution >= 0.6 is 12.2 Å². The molecule has 18 heavy (non-hydrogen) atoms. The molecule has 0 aliphatic rings. The van der Waals surface area contributed by atoms with Crippen molar-refractivity contribution >= 4 is 17.2 Å². The van der Waals surface area contributed by atoms with Gasteiger partial charge in [0.1, 0.15) is 10.7 Å². The standard InChI is InChI=1S/C12H14N4OS/c1-6-4-9(11(12(13)18)8(3)14-6)17-10-5-7(2)15-16-10/h4-5H,1-3H3,(H2,13,18)(H,15,16). The van der Waals surface area contributed by atoms with Gasteiger partial charge >= 0.3 is 0 Å². The number of rotatable bonds is 3. The number of hydrogen-bond donors (Lipinski definition) is 2. The van der Waals surface area contributed by atoms with E-state index < -0.39 is 0 Å². The average Bonchev–Trinajstić information content (AvgIpc) is 2.62. The third-order valence-corrected chi connectivity index (χ3v) is 2.64. The van der Waals surface area contributed by atoms with Crippen LogP contribution in [0.15, 0.2) is 12.1 Å². The lowest BCUT2D eigenvalue weighted by atomic mass is 10.1. The first-order valence-corrected chi connectivity index (χ1v) is 5.86. The van der Waals surface area contributed by atoms with Gasteiger partial charge in [-0.25, -0.2) is 0 Å². The molecule has 2 rings (SSSR count). The lowest BCUT2D eigenvalue weighted by Crippen LogP contribution is -2.14. The van der Waals surface area contributed by atoms with Crippen molar-refractivity contribution in [1.29, 1.82) is 0 Å². The molecular formula is C12H14N4OS. The number of H-pyrrole nitrogens is 1. The van der Waals surface area contributed by atoms with Gasteiger partial charge in [-0.15, -0.1) is 5.10 Å². The van der Waals surface area contributed by atoms with Gasteiger partial charge in [-0.2, -0.15) is 0 Å². The summed E-state index contributed by atoms with van der Waals surface area (Å²) in [5.41, 5.74) is 8.87. The molecule has 0 bridgehead atoms. The summed E-state index contributed by atoms with van der Waals surface area (Å²) in [6, 6.07) is 3.60. The number of aromatic amines is 1. The highest BCUT2D eigenvalue weighted by molar-refractivity contribution is 7.80. The summed E-state index contributed by atoms with van der Waals surface area (Å²) in [6.45, 7) is 5.64.